The average molecular weight is 239 g/mol. The number of carbonyl (C=O) groups is 1. The molecule has 17 heavy (non-hydrogen) atoms. The molecule has 2 aliphatic heterocycles. The number of urea groups is 1. The van der Waals surface area contributed by atoms with Crippen molar-refractivity contribution in [3.05, 3.63) is 0 Å². The summed E-state index contributed by atoms with van der Waals surface area (Å²) in [7, 11) is 0. The predicted octanol–water partition coefficient (Wildman–Crippen LogP) is 1.51. The maximum atomic E-state index is 12.3. The average Bonchev–Trinajstić information content (AvgIpc) is 2.33. The van der Waals surface area contributed by atoms with Crippen LogP contribution in [-0.4, -0.2) is 48.1 Å². The molecule has 2 aliphatic rings. The zero-order chi connectivity index (χ0) is 12.4. The first-order valence-corrected chi connectivity index (χ1v) is 6.87. The maximum absolute atomic E-state index is 12.3. The van der Waals surface area contributed by atoms with Gasteiger partial charge in [0.1, 0.15) is 0 Å². The molecule has 2 rings (SSSR count). The van der Waals surface area contributed by atoms with Crippen molar-refractivity contribution in [2.75, 3.05) is 26.2 Å². The van der Waals surface area contributed by atoms with E-state index in [-0.39, 0.29) is 12.1 Å². The molecule has 0 aromatic carbocycles. The lowest BCUT2D eigenvalue weighted by Gasteiger charge is -2.39. The van der Waals surface area contributed by atoms with E-state index in [9.17, 15) is 4.79 Å². The maximum Gasteiger partial charge on any atom is 0.320 e. The van der Waals surface area contributed by atoms with Gasteiger partial charge in [-0.1, -0.05) is 13.8 Å². The third-order valence-corrected chi connectivity index (χ3v) is 4.30. The summed E-state index contributed by atoms with van der Waals surface area (Å²) in [5.74, 6) is 1.20. The van der Waals surface area contributed by atoms with Crippen LogP contribution in [0.15, 0.2) is 0 Å². The first-order chi connectivity index (χ1) is 8.08. The van der Waals surface area contributed by atoms with Crippen molar-refractivity contribution in [2.45, 2.75) is 39.2 Å². The van der Waals surface area contributed by atoms with E-state index in [1.54, 1.807) is 0 Å². The Morgan fingerprint density at radius 3 is 2.24 bits per heavy atom. The standard InChI is InChI=1S/C13H25N3O/c1-10-3-6-15(7-4-10)13(17)16-8-5-12(14)11(2)9-16/h10-12H,3-9,14H2,1-2H3. The molecule has 2 unspecified atom stereocenters. The highest BCUT2D eigenvalue weighted by Gasteiger charge is 2.30. The Bertz CT molecular complexity index is 274. The minimum atomic E-state index is 0.232. The van der Waals surface area contributed by atoms with Gasteiger partial charge in [-0.25, -0.2) is 4.79 Å². The molecule has 0 aromatic heterocycles. The molecule has 2 amide bonds. The SMILES string of the molecule is CC1CCN(C(=O)N2CCC(N)C(C)C2)CC1. The number of hydrogen-bond acceptors (Lipinski definition) is 2. The molecule has 0 radical (unpaired) electrons. The molecule has 0 saturated carbocycles. The molecule has 0 aromatic rings. The highest BCUT2D eigenvalue weighted by Crippen LogP contribution is 2.20. The van der Waals surface area contributed by atoms with Crippen molar-refractivity contribution in [1.82, 2.24) is 9.80 Å². The van der Waals surface area contributed by atoms with Crippen LogP contribution in [0.1, 0.15) is 33.1 Å². The second-order valence-electron chi connectivity index (χ2n) is 5.83. The van der Waals surface area contributed by atoms with E-state index in [1.807, 2.05) is 9.80 Å². The Hall–Kier alpha value is -0.770. The van der Waals surface area contributed by atoms with Crippen LogP contribution in [0.3, 0.4) is 0 Å². The molecule has 2 saturated heterocycles. The highest BCUT2D eigenvalue weighted by atomic mass is 16.2. The third-order valence-electron chi connectivity index (χ3n) is 4.30. The second-order valence-corrected chi connectivity index (χ2v) is 5.83. The smallest absolute Gasteiger partial charge is 0.320 e. The van der Waals surface area contributed by atoms with Crippen LogP contribution in [0.2, 0.25) is 0 Å². The first-order valence-electron chi connectivity index (χ1n) is 6.87. The van der Waals surface area contributed by atoms with Gasteiger partial charge in [0.15, 0.2) is 0 Å². The van der Waals surface area contributed by atoms with Gasteiger partial charge in [-0.2, -0.15) is 0 Å². The summed E-state index contributed by atoms with van der Waals surface area (Å²) in [5, 5.41) is 0. The van der Waals surface area contributed by atoms with Crippen LogP contribution in [0.25, 0.3) is 0 Å². The van der Waals surface area contributed by atoms with Gasteiger partial charge < -0.3 is 15.5 Å². The third kappa shape index (κ3) is 2.92. The Labute approximate surface area is 104 Å². The van der Waals surface area contributed by atoms with Gasteiger partial charge in [0.05, 0.1) is 0 Å². The fourth-order valence-electron chi connectivity index (χ4n) is 2.74. The van der Waals surface area contributed by atoms with Crippen LogP contribution in [0.4, 0.5) is 4.79 Å². The number of nitrogens with two attached hydrogens (primary N) is 1. The van der Waals surface area contributed by atoms with Crippen LogP contribution in [0, 0.1) is 11.8 Å². The number of likely N-dealkylation sites (tertiary alicyclic amines) is 2. The first kappa shape index (κ1) is 12.7. The van der Waals surface area contributed by atoms with Crippen molar-refractivity contribution in [1.29, 1.82) is 0 Å². The molecule has 0 spiro atoms. The number of piperidine rings is 2. The van der Waals surface area contributed by atoms with E-state index in [0.717, 1.165) is 51.4 Å². The summed E-state index contributed by atoms with van der Waals surface area (Å²) in [6.45, 7) is 7.92. The van der Waals surface area contributed by atoms with E-state index < -0.39 is 0 Å². The Balaban J connectivity index is 1.87. The highest BCUT2D eigenvalue weighted by molar-refractivity contribution is 5.74. The normalized spacial score (nSPS) is 31.7. The molecule has 0 aliphatic carbocycles. The van der Waals surface area contributed by atoms with Crippen LogP contribution in [-0.2, 0) is 0 Å². The molecule has 98 valence electrons. The lowest BCUT2D eigenvalue weighted by molar-refractivity contribution is 0.112. The second kappa shape index (κ2) is 5.25. The molecule has 2 N–H and O–H groups in total. The van der Waals surface area contributed by atoms with E-state index >= 15 is 0 Å². The molecule has 4 nitrogen and oxygen atoms in total. The molecule has 4 heteroatoms. The van der Waals surface area contributed by atoms with E-state index in [0.29, 0.717) is 5.92 Å². The van der Waals surface area contributed by atoms with Crippen LogP contribution in [0.5, 0.6) is 0 Å². The van der Waals surface area contributed by atoms with Crippen molar-refractivity contribution in [3.8, 4) is 0 Å². The lowest BCUT2D eigenvalue weighted by atomic mass is 9.95. The van der Waals surface area contributed by atoms with Gasteiger partial charge in [-0.3, -0.25) is 0 Å². The van der Waals surface area contributed by atoms with Crippen molar-refractivity contribution >= 4 is 6.03 Å². The van der Waals surface area contributed by atoms with E-state index in [1.165, 1.54) is 0 Å². The van der Waals surface area contributed by atoms with Gasteiger partial charge >= 0.3 is 6.03 Å². The quantitative estimate of drug-likeness (QED) is 0.696. The van der Waals surface area contributed by atoms with Gasteiger partial charge in [-0.15, -0.1) is 0 Å². The fourth-order valence-corrected chi connectivity index (χ4v) is 2.74. The molecular weight excluding hydrogens is 214 g/mol. The topological polar surface area (TPSA) is 49.6 Å². The number of rotatable bonds is 0. The van der Waals surface area contributed by atoms with Gasteiger partial charge in [0.2, 0.25) is 0 Å². The monoisotopic (exact) mass is 239 g/mol. The molecule has 2 atom stereocenters. The lowest BCUT2D eigenvalue weighted by Crippen LogP contribution is -2.53. The minimum Gasteiger partial charge on any atom is -0.327 e. The largest absolute Gasteiger partial charge is 0.327 e. The van der Waals surface area contributed by atoms with Crippen molar-refractivity contribution in [3.63, 3.8) is 0 Å². The summed E-state index contributed by atoms with van der Waals surface area (Å²) in [6.07, 6.45) is 3.24. The minimum absolute atomic E-state index is 0.232. The van der Waals surface area contributed by atoms with Gasteiger partial charge in [0, 0.05) is 32.2 Å². The summed E-state index contributed by atoms with van der Waals surface area (Å²) >= 11 is 0. The number of carbonyl (C=O) groups excluding carboxylic acids is 1. The Morgan fingerprint density at radius 2 is 1.65 bits per heavy atom. The van der Waals surface area contributed by atoms with Crippen LogP contribution < -0.4 is 5.73 Å². The molecular formula is C13H25N3O. The summed E-state index contributed by atoms with van der Waals surface area (Å²) in [4.78, 5) is 16.3. The number of amides is 2. The van der Waals surface area contributed by atoms with E-state index in [2.05, 4.69) is 13.8 Å². The fraction of sp³-hybridized carbons (Fsp3) is 0.923. The van der Waals surface area contributed by atoms with Gasteiger partial charge in [-0.05, 0) is 31.1 Å². The molecule has 0 bridgehead atoms. The van der Waals surface area contributed by atoms with Crippen LogP contribution >= 0.6 is 0 Å². The summed E-state index contributed by atoms with van der Waals surface area (Å²) < 4.78 is 0. The molecule has 2 fully saturated rings. The Morgan fingerprint density at radius 1 is 1.06 bits per heavy atom. The summed E-state index contributed by atoms with van der Waals surface area (Å²) in [5.41, 5.74) is 5.99. The number of hydrogen-bond donors (Lipinski definition) is 1. The predicted molar refractivity (Wildman–Crippen MR) is 68.7 cm³/mol. The number of nitrogens with zero attached hydrogens (tertiary/aromatic N) is 2. The Kier molecular flexibility index (Phi) is 3.92. The van der Waals surface area contributed by atoms with Gasteiger partial charge in [0.25, 0.3) is 0 Å². The molecule has 2 heterocycles. The van der Waals surface area contributed by atoms with E-state index in [4.69, 9.17) is 5.73 Å². The van der Waals surface area contributed by atoms with Crippen molar-refractivity contribution in [2.24, 2.45) is 17.6 Å². The zero-order valence-electron chi connectivity index (χ0n) is 11.1. The van der Waals surface area contributed by atoms with Crippen molar-refractivity contribution < 1.29 is 4.79 Å². The zero-order valence-corrected chi connectivity index (χ0v) is 11.1. The summed E-state index contributed by atoms with van der Waals surface area (Å²) in [6, 6.07) is 0.496.